The van der Waals surface area contributed by atoms with Gasteiger partial charge >= 0.3 is 5.82 Å². The number of nitrogens with zero attached hydrogens (tertiary/aromatic N) is 5. The van der Waals surface area contributed by atoms with Crippen LogP contribution in [0.2, 0.25) is 5.02 Å². The lowest BCUT2D eigenvalue weighted by atomic mass is 9.46. The van der Waals surface area contributed by atoms with E-state index in [1.165, 1.54) is 0 Å². The van der Waals surface area contributed by atoms with Crippen molar-refractivity contribution in [2.75, 3.05) is 5.32 Å². The zero-order chi connectivity index (χ0) is 25.1. The van der Waals surface area contributed by atoms with E-state index in [0.717, 1.165) is 44.1 Å². The summed E-state index contributed by atoms with van der Waals surface area (Å²) in [6, 6.07) is 11.9. The van der Waals surface area contributed by atoms with E-state index >= 15 is 0 Å². The third-order valence-electron chi connectivity index (χ3n) is 8.43. The monoisotopic (exact) mass is 508 g/mol. The van der Waals surface area contributed by atoms with Crippen molar-refractivity contribution in [3.05, 3.63) is 69.0 Å². The van der Waals surface area contributed by atoms with Crippen LogP contribution in [0, 0.1) is 34.3 Å². The minimum atomic E-state index is -0.507. The molecule has 2 unspecified atom stereocenters. The summed E-state index contributed by atoms with van der Waals surface area (Å²) in [5.41, 5.74) is 1.34. The number of rotatable bonds is 7. The Kier molecular flexibility index (Phi) is 5.44. The van der Waals surface area contributed by atoms with Gasteiger partial charge in [0.25, 0.3) is 0 Å². The molecule has 0 spiro atoms. The molecular weight excluding hydrogens is 480 g/mol. The molecule has 4 bridgehead atoms. The quantitative estimate of drug-likeness (QED) is 0.343. The average molecular weight is 509 g/mol. The number of aromatic nitrogens is 4. The maximum absolute atomic E-state index is 13.2. The van der Waals surface area contributed by atoms with Crippen LogP contribution in [0.4, 0.5) is 11.6 Å². The number of nitrogens with one attached hydrogen (secondary N) is 1. The minimum Gasteiger partial charge on any atom is -0.358 e. The van der Waals surface area contributed by atoms with Crippen LogP contribution < -0.4 is 5.32 Å². The van der Waals surface area contributed by atoms with Crippen molar-refractivity contribution in [1.29, 1.82) is 0 Å². The molecule has 36 heavy (non-hydrogen) atoms. The van der Waals surface area contributed by atoms with Crippen LogP contribution >= 0.6 is 11.6 Å². The Bertz CT molecular complexity index is 1320. The summed E-state index contributed by atoms with van der Waals surface area (Å²) in [6.07, 6.45) is 8.14. The summed E-state index contributed by atoms with van der Waals surface area (Å²) in [5, 5.41) is 23.5. The van der Waals surface area contributed by atoms with E-state index in [1.807, 2.05) is 58.9 Å². The first-order valence-electron chi connectivity index (χ1n) is 12.5. The third kappa shape index (κ3) is 3.99. The van der Waals surface area contributed by atoms with E-state index in [-0.39, 0.29) is 27.7 Å². The lowest BCUT2D eigenvalue weighted by Crippen LogP contribution is -2.57. The fourth-order valence-corrected chi connectivity index (χ4v) is 7.90. The molecule has 10 heteroatoms. The summed E-state index contributed by atoms with van der Waals surface area (Å²) in [6.45, 7) is 2.45. The largest absolute Gasteiger partial charge is 0.408 e. The second-order valence-corrected chi connectivity index (χ2v) is 11.6. The van der Waals surface area contributed by atoms with E-state index < -0.39 is 4.92 Å². The smallest absolute Gasteiger partial charge is 0.358 e. The number of anilines is 1. The lowest BCUT2D eigenvalue weighted by molar-refractivity contribution is -0.389. The van der Waals surface area contributed by atoms with Crippen LogP contribution in [0.3, 0.4) is 0 Å². The topological polar surface area (TPSA) is 108 Å². The summed E-state index contributed by atoms with van der Waals surface area (Å²) < 4.78 is 3.66. The van der Waals surface area contributed by atoms with Crippen molar-refractivity contribution in [1.82, 2.24) is 19.6 Å². The lowest BCUT2D eigenvalue weighted by Gasteiger charge is -2.61. The Morgan fingerprint density at radius 1 is 1.17 bits per heavy atom. The number of benzene rings is 1. The number of hydrogen-bond donors (Lipinski definition) is 1. The SMILES string of the molecule is Cc1c(Cl)c([N+](=O)[O-])nn1C12CC3CC(CC(CC(=O)Nc4ccn(Cc5ccccc5)n4)(C3)C1)C2. The Morgan fingerprint density at radius 2 is 1.89 bits per heavy atom. The molecule has 0 radical (unpaired) electrons. The Hall–Kier alpha value is -3.20. The van der Waals surface area contributed by atoms with Gasteiger partial charge in [-0.1, -0.05) is 41.9 Å². The van der Waals surface area contributed by atoms with E-state index in [0.29, 0.717) is 36.3 Å². The van der Waals surface area contributed by atoms with Gasteiger partial charge in [-0.05, 0) is 73.2 Å². The molecule has 7 rings (SSSR count). The minimum absolute atomic E-state index is 0.0294. The van der Waals surface area contributed by atoms with Crippen LogP contribution in [0.25, 0.3) is 0 Å². The van der Waals surface area contributed by atoms with E-state index in [9.17, 15) is 14.9 Å². The van der Waals surface area contributed by atoms with E-state index in [2.05, 4.69) is 15.5 Å². The molecule has 3 aromatic rings. The molecule has 9 nitrogen and oxygen atoms in total. The van der Waals surface area contributed by atoms with Crippen molar-refractivity contribution in [3.8, 4) is 0 Å². The zero-order valence-corrected chi connectivity index (χ0v) is 20.9. The number of carbonyl (C=O) groups is 1. The predicted molar refractivity (Wildman–Crippen MR) is 135 cm³/mol. The molecule has 2 atom stereocenters. The second kappa shape index (κ2) is 8.44. The highest BCUT2D eigenvalue weighted by Gasteiger charge is 2.60. The summed E-state index contributed by atoms with van der Waals surface area (Å²) in [7, 11) is 0. The third-order valence-corrected chi connectivity index (χ3v) is 8.87. The van der Waals surface area contributed by atoms with Crippen molar-refractivity contribution >= 4 is 29.1 Å². The first kappa shape index (κ1) is 23.2. The fourth-order valence-electron chi connectivity index (χ4n) is 7.72. The Balaban J connectivity index is 1.20. The summed E-state index contributed by atoms with van der Waals surface area (Å²) in [4.78, 5) is 24.2. The predicted octanol–water partition coefficient (Wildman–Crippen LogP) is 5.32. The molecule has 188 valence electrons. The summed E-state index contributed by atoms with van der Waals surface area (Å²) in [5.74, 6) is 1.23. The van der Waals surface area contributed by atoms with Crippen molar-refractivity contribution < 1.29 is 9.72 Å². The molecular formula is C26H29ClN6O3. The van der Waals surface area contributed by atoms with Gasteiger partial charge in [0.1, 0.15) is 0 Å². The van der Waals surface area contributed by atoms with Crippen LogP contribution in [-0.4, -0.2) is 30.4 Å². The molecule has 4 aliphatic rings. The number of nitro groups is 1. The maximum Gasteiger partial charge on any atom is 0.408 e. The molecule has 1 amide bonds. The molecule has 2 aromatic heterocycles. The van der Waals surface area contributed by atoms with Gasteiger partial charge in [0.05, 0.1) is 22.9 Å². The van der Waals surface area contributed by atoms with Gasteiger partial charge in [0.15, 0.2) is 10.8 Å². The first-order valence-corrected chi connectivity index (χ1v) is 12.9. The molecule has 2 heterocycles. The number of halogens is 1. The van der Waals surface area contributed by atoms with E-state index in [4.69, 9.17) is 11.6 Å². The highest BCUT2D eigenvalue weighted by molar-refractivity contribution is 6.33. The van der Waals surface area contributed by atoms with Gasteiger partial charge < -0.3 is 15.4 Å². The number of carbonyl (C=O) groups excluding carboxylic acids is 1. The first-order chi connectivity index (χ1) is 17.2. The Labute approximate surface area is 214 Å². The normalized spacial score (nSPS) is 28.4. The van der Waals surface area contributed by atoms with Crippen molar-refractivity contribution in [3.63, 3.8) is 0 Å². The van der Waals surface area contributed by atoms with E-state index in [1.54, 1.807) is 0 Å². The molecule has 1 N–H and O–H groups in total. The summed E-state index contributed by atoms with van der Waals surface area (Å²) >= 11 is 6.31. The van der Waals surface area contributed by atoms with Crippen molar-refractivity contribution in [2.24, 2.45) is 17.3 Å². The van der Waals surface area contributed by atoms with Gasteiger partial charge in [0.2, 0.25) is 5.91 Å². The van der Waals surface area contributed by atoms with Crippen LogP contribution in [0.15, 0.2) is 42.6 Å². The fraction of sp³-hybridized carbons (Fsp3) is 0.500. The molecule has 4 aliphatic carbocycles. The van der Waals surface area contributed by atoms with Gasteiger partial charge in [-0.2, -0.15) is 9.78 Å². The maximum atomic E-state index is 13.2. The number of hydrogen-bond acceptors (Lipinski definition) is 5. The Morgan fingerprint density at radius 3 is 2.56 bits per heavy atom. The van der Waals surface area contributed by atoms with Crippen LogP contribution in [-0.2, 0) is 16.9 Å². The molecule has 1 aromatic carbocycles. The molecule has 4 fully saturated rings. The van der Waals surface area contributed by atoms with Gasteiger partial charge in [-0.25, -0.2) is 0 Å². The second-order valence-electron chi connectivity index (χ2n) is 11.2. The molecule has 0 saturated heterocycles. The van der Waals surface area contributed by atoms with Crippen LogP contribution in [0.5, 0.6) is 0 Å². The highest BCUT2D eigenvalue weighted by Crippen LogP contribution is 2.65. The standard InChI is InChI=1S/C26H29ClN6O3/c1-17-23(27)24(33(35)36)30-32(17)26-12-19-9-20(13-26)11-25(10-19,16-26)14-22(34)28-21-7-8-31(29-21)15-18-5-3-2-4-6-18/h2-8,19-20H,9-16H2,1H3,(H,28,29,34). The zero-order valence-electron chi connectivity index (χ0n) is 20.2. The van der Waals surface area contributed by atoms with Crippen LogP contribution in [0.1, 0.15) is 56.2 Å². The van der Waals surface area contributed by atoms with Gasteiger partial charge in [0, 0.05) is 18.7 Å². The molecule has 4 saturated carbocycles. The average Bonchev–Trinajstić information content (AvgIpc) is 3.37. The van der Waals surface area contributed by atoms with Gasteiger partial charge in [-0.3, -0.25) is 9.48 Å². The number of amides is 1. The van der Waals surface area contributed by atoms with Crippen molar-refractivity contribution in [2.45, 2.75) is 64.0 Å². The molecule has 0 aliphatic heterocycles. The highest BCUT2D eigenvalue weighted by atomic mass is 35.5. The van der Waals surface area contributed by atoms with Gasteiger partial charge in [-0.15, -0.1) is 0 Å².